The highest BCUT2D eigenvalue weighted by molar-refractivity contribution is 6.30. The van der Waals surface area contributed by atoms with Crippen LogP contribution in [-0.4, -0.2) is 35.8 Å². The molecular formula is C29H25ClN2O6. The molecule has 9 heteroatoms. The first-order valence-corrected chi connectivity index (χ1v) is 12.2. The van der Waals surface area contributed by atoms with E-state index in [9.17, 15) is 9.59 Å². The van der Waals surface area contributed by atoms with Crippen LogP contribution in [-0.2, 0) is 9.53 Å². The molecule has 4 aromatic rings. The van der Waals surface area contributed by atoms with E-state index < -0.39 is 18.2 Å². The maximum atomic E-state index is 13.2. The number of carboxylic acids is 1. The number of halogens is 1. The van der Waals surface area contributed by atoms with Crippen LogP contribution in [0.4, 0.5) is 5.69 Å². The van der Waals surface area contributed by atoms with Crippen molar-refractivity contribution in [1.82, 2.24) is 4.57 Å². The number of fused-ring (bicyclic) bond motifs is 3. The Morgan fingerprint density at radius 1 is 1.00 bits per heavy atom. The molecule has 1 aromatic heterocycles. The van der Waals surface area contributed by atoms with Gasteiger partial charge >= 0.3 is 5.97 Å². The average Bonchev–Trinajstić information content (AvgIpc) is 3.36. The van der Waals surface area contributed by atoms with E-state index in [0.717, 1.165) is 22.5 Å². The van der Waals surface area contributed by atoms with Crippen molar-refractivity contribution in [3.8, 4) is 17.2 Å². The average molecular weight is 533 g/mol. The number of ether oxygens (including phenoxy) is 3. The van der Waals surface area contributed by atoms with E-state index in [0.29, 0.717) is 22.2 Å². The Kier molecular flexibility index (Phi) is 7.09. The number of carbonyl (C=O) groups excluding carboxylic acids is 1. The van der Waals surface area contributed by atoms with Crippen LogP contribution in [0.3, 0.4) is 0 Å². The topological polar surface area (TPSA) is 99.0 Å². The van der Waals surface area contributed by atoms with Crippen molar-refractivity contribution in [2.24, 2.45) is 0 Å². The molecule has 0 radical (unpaired) electrons. The summed E-state index contributed by atoms with van der Waals surface area (Å²) >= 11 is 6.44. The third-order valence-electron chi connectivity index (χ3n) is 6.44. The second kappa shape index (κ2) is 10.6. The molecule has 2 N–H and O–H groups in total. The molecule has 2 atom stereocenters. The number of benzene rings is 3. The van der Waals surface area contributed by atoms with Crippen LogP contribution in [0, 0.1) is 0 Å². The fraction of sp³-hybridized carbons (Fsp3) is 0.172. The van der Waals surface area contributed by atoms with E-state index in [1.54, 1.807) is 26.4 Å². The van der Waals surface area contributed by atoms with Gasteiger partial charge in [0.25, 0.3) is 0 Å². The molecule has 1 aliphatic rings. The second-order valence-electron chi connectivity index (χ2n) is 8.73. The lowest BCUT2D eigenvalue weighted by atomic mass is 9.98. The van der Waals surface area contributed by atoms with Crippen molar-refractivity contribution in [3.05, 3.63) is 106 Å². The predicted molar refractivity (Wildman–Crippen MR) is 143 cm³/mol. The van der Waals surface area contributed by atoms with Crippen LogP contribution in [0.15, 0.2) is 79.0 Å². The lowest BCUT2D eigenvalue weighted by Crippen LogP contribution is -2.19. The Labute approximate surface area is 224 Å². The third kappa shape index (κ3) is 4.83. The van der Waals surface area contributed by atoms with Crippen LogP contribution in [0.5, 0.6) is 11.5 Å². The highest BCUT2D eigenvalue weighted by atomic mass is 35.5. The SMILES string of the molecule is COc1cccc([C@H]2O[C@H](CC(=O)Nc3ccc(C(=O)O)cc3)c3cccn3-c3ccc(Cl)cc32)c1OC. The van der Waals surface area contributed by atoms with Gasteiger partial charge in [-0.3, -0.25) is 4.79 Å². The summed E-state index contributed by atoms with van der Waals surface area (Å²) in [6.07, 6.45) is 0.679. The number of methoxy groups -OCH3 is 2. The number of aromatic carboxylic acids is 1. The summed E-state index contributed by atoms with van der Waals surface area (Å²) in [4.78, 5) is 24.3. The quantitative estimate of drug-likeness (QED) is 0.301. The molecule has 38 heavy (non-hydrogen) atoms. The molecule has 0 spiro atoms. The van der Waals surface area contributed by atoms with Crippen molar-refractivity contribution in [3.63, 3.8) is 0 Å². The summed E-state index contributed by atoms with van der Waals surface area (Å²) in [6, 6.07) is 21.0. The maximum Gasteiger partial charge on any atom is 0.335 e. The van der Waals surface area contributed by atoms with E-state index >= 15 is 0 Å². The first-order chi connectivity index (χ1) is 18.4. The van der Waals surface area contributed by atoms with Crippen LogP contribution in [0.2, 0.25) is 5.02 Å². The number of nitrogens with zero attached hydrogens (tertiary/aromatic N) is 1. The number of amides is 1. The fourth-order valence-electron chi connectivity index (χ4n) is 4.73. The van der Waals surface area contributed by atoms with Crippen LogP contribution >= 0.6 is 11.6 Å². The molecule has 8 nitrogen and oxygen atoms in total. The van der Waals surface area contributed by atoms with Gasteiger partial charge in [0.1, 0.15) is 12.2 Å². The van der Waals surface area contributed by atoms with Crippen molar-refractivity contribution in [2.75, 3.05) is 19.5 Å². The summed E-state index contributed by atoms with van der Waals surface area (Å²) in [5, 5.41) is 12.5. The van der Waals surface area contributed by atoms with Crippen LogP contribution in [0.25, 0.3) is 5.69 Å². The minimum Gasteiger partial charge on any atom is -0.493 e. The Hall–Kier alpha value is -4.27. The van der Waals surface area contributed by atoms with Crippen LogP contribution in [0.1, 0.15) is 45.8 Å². The molecule has 3 aromatic carbocycles. The highest BCUT2D eigenvalue weighted by Gasteiger charge is 2.34. The molecule has 5 rings (SSSR count). The number of para-hydroxylation sites is 1. The fourth-order valence-corrected chi connectivity index (χ4v) is 4.91. The first kappa shape index (κ1) is 25.4. The smallest absolute Gasteiger partial charge is 0.335 e. The number of hydrogen-bond acceptors (Lipinski definition) is 5. The molecule has 2 heterocycles. The predicted octanol–water partition coefficient (Wildman–Crippen LogP) is 6.04. The minimum atomic E-state index is -1.03. The Bertz CT molecular complexity index is 1500. The van der Waals surface area contributed by atoms with E-state index in [1.807, 2.05) is 59.3 Å². The molecule has 0 bridgehead atoms. The molecular weight excluding hydrogens is 508 g/mol. The van der Waals surface area contributed by atoms with Crippen LogP contribution < -0.4 is 14.8 Å². The van der Waals surface area contributed by atoms with Crippen molar-refractivity contribution in [2.45, 2.75) is 18.6 Å². The van der Waals surface area contributed by atoms with E-state index in [4.69, 9.17) is 30.9 Å². The zero-order valence-corrected chi connectivity index (χ0v) is 21.4. The van der Waals surface area contributed by atoms with Gasteiger partial charge in [0, 0.05) is 28.0 Å². The number of nitrogens with one attached hydrogen (secondary N) is 1. The lowest BCUT2D eigenvalue weighted by molar-refractivity contribution is -0.120. The molecule has 0 aliphatic carbocycles. The van der Waals surface area contributed by atoms with Gasteiger partial charge in [-0.1, -0.05) is 23.7 Å². The number of carbonyl (C=O) groups is 2. The highest BCUT2D eigenvalue weighted by Crippen LogP contribution is 2.46. The lowest BCUT2D eigenvalue weighted by Gasteiger charge is -2.25. The minimum absolute atomic E-state index is 0.00913. The third-order valence-corrected chi connectivity index (χ3v) is 6.68. The van der Waals surface area contributed by atoms with Crippen molar-refractivity contribution in [1.29, 1.82) is 0 Å². The van der Waals surface area contributed by atoms with Gasteiger partial charge in [-0.05, 0) is 60.7 Å². The largest absolute Gasteiger partial charge is 0.493 e. The number of rotatable bonds is 7. The summed E-state index contributed by atoms with van der Waals surface area (Å²) < 4.78 is 20.0. The van der Waals surface area contributed by atoms with Gasteiger partial charge in [-0.25, -0.2) is 4.79 Å². The monoisotopic (exact) mass is 532 g/mol. The molecule has 1 amide bonds. The Morgan fingerprint density at radius 2 is 1.79 bits per heavy atom. The van der Waals surface area contributed by atoms with Gasteiger partial charge in [-0.2, -0.15) is 0 Å². The van der Waals surface area contributed by atoms with Gasteiger partial charge in [0.2, 0.25) is 5.91 Å². The van der Waals surface area contributed by atoms with E-state index in [1.165, 1.54) is 12.1 Å². The summed E-state index contributed by atoms with van der Waals surface area (Å²) in [5.41, 5.74) is 3.85. The van der Waals surface area contributed by atoms with Gasteiger partial charge in [-0.15, -0.1) is 0 Å². The number of carboxylic acid groups (broad SMARTS) is 1. The normalized spacial score (nSPS) is 16.1. The zero-order chi connectivity index (χ0) is 26.8. The standard InChI is InChI=1S/C29H25ClN2O6/c1-36-24-7-3-5-20(28(24)37-2)27-21-15-18(30)10-13-22(21)32-14-4-6-23(32)25(38-27)16-26(33)31-19-11-8-17(9-12-19)29(34)35/h3-15,25,27H,16H2,1-2H3,(H,31,33)(H,34,35)/t25-,27-/m1/s1. The van der Waals surface area contributed by atoms with E-state index in [2.05, 4.69) is 5.32 Å². The van der Waals surface area contributed by atoms with E-state index in [-0.39, 0.29) is 17.9 Å². The Balaban J connectivity index is 1.53. The molecule has 0 fully saturated rings. The zero-order valence-electron chi connectivity index (χ0n) is 20.7. The molecule has 0 unspecified atom stereocenters. The van der Waals surface area contributed by atoms with Crippen molar-refractivity contribution < 1.29 is 28.9 Å². The number of hydrogen-bond donors (Lipinski definition) is 2. The summed E-state index contributed by atoms with van der Waals surface area (Å²) in [6.45, 7) is 0. The molecule has 0 saturated carbocycles. The second-order valence-corrected chi connectivity index (χ2v) is 9.16. The van der Waals surface area contributed by atoms with Gasteiger partial charge in [0.05, 0.1) is 37.6 Å². The number of aromatic nitrogens is 1. The molecule has 0 saturated heterocycles. The van der Waals surface area contributed by atoms with Crippen molar-refractivity contribution >= 4 is 29.2 Å². The molecule has 194 valence electrons. The summed E-state index contributed by atoms with van der Waals surface area (Å²) in [5.74, 6) is -0.236. The number of anilines is 1. The summed E-state index contributed by atoms with van der Waals surface area (Å²) in [7, 11) is 3.14. The Morgan fingerprint density at radius 3 is 2.50 bits per heavy atom. The molecule has 1 aliphatic heterocycles. The van der Waals surface area contributed by atoms with Gasteiger partial charge in [0.15, 0.2) is 11.5 Å². The van der Waals surface area contributed by atoms with Gasteiger partial charge < -0.3 is 29.2 Å². The maximum absolute atomic E-state index is 13.2. The first-order valence-electron chi connectivity index (χ1n) is 11.9.